The highest BCUT2D eigenvalue weighted by atomic mass is 79.9. The van der Waals surface area contributed by atoms with E-state index in [4.69, 9.17) is 0 Å². The molecule has 0 radical (unpaired) electrons. The zero-order valence-electron chi connectivity index (χ0n) is 6.49. The molecule has 0 aromatic carbocycles. The number of Topliss-reactive ketones (excluding diaryl/α,β-unsaturated/α-hetero) is 2. The van der Waals surface area contributed by atoms with Gasteiger partial charge in [-0.15, -0.1) is 0 Å². The van der Waals surface area contributed by atoms with Crippen LogP contribution in [0.4, 0.5) is 0 Å². The number of carbonyl (C=O) groups is 2. The molecule has 0 aliphatic heterocycles. The summed E-state index contributed by atoms with van der Waals surface area (Å²) >= 11 is 6.10. The molecule has 0 rings (SSSR count). The number of halogens is 2. The van der Waals surface area contributed by atoms with Gasteiger partial charge in [0.25, 0.3) is 0 Å². The van der Waals surface area contributed by atoms with Gasteiger partial charge in [0.05, 0.1) is 0 Å². The zero-order chi connectivity index (χ0) is 9.07. The molecule has 4 heteroatoms. The van der Waals surface area contributed by atoms with Crippen molar-refractivity contribution in [3.63, 3.8) is 0 Å². The van der Waals surface area contributed by atoms with Gasteiger partial charge in [-0.3, -0.25) is 9.59 Å². The average Bonchev–Trinajstić information content (AvgIpc) is 2.01. The standard InChI is InChI=1S/C7H10Br2O2/c1-3-5(10)7(8,9)6(11)4-2/h3-4H2,1-2H3. The second kappa shape index (κ2) is 4.36. The van der Waals surface area contributed by atoms with Crippen LogP contribution in [0.25, 0.3) is 0 Å². The van der Waals surface area contributed by atoms with Crippen LogP contribution in [0.15, 0.2) is 0 Å². The summed E-state index contributed by atoms with van der Waals surface area (Å²) < 4.78 is -1.14. The molecular weight excluding hydrogens is 276 g/mol. The second-order valence-electron chi connectivity index (χ2n) is 2.13. The third-order valence-corrected chi connectivity index (χ3v) is 3.11. The van der Waals surface area contributed by atoms with Gasteiger partial charge < -0.3 is 0 Å². The van der Waals surface area contributed by atoms with Gasteiger partial charge in [-0.2, -0.15) is 0 Å². The lowest BCUT2D eigenvalue weighted by atomic mass is 10.1. The molecular formula is C7H10Br2O2. The highest BCUT2D eigenvalue weighted by molar-refractivity contribution is 9.26. The van der Waals surface area contributed by atoms with Crippen molar-refractivity contribution >= 4 is 43.4 Å². The van der Waals surface area contributed by atoms with Crippen LogP contribution in [0.3, 0.4) is 0 Å². The fourth-order valence-corrected chi connectivity index (χ4v) is 1.72. The van der Waals surface area contributed by atoms with E-state index >= 15 is 0 Å². The lowest BCUT2D eigenvalue weighted by Crippen LogP contribution is -2.33. The quantitative estimate of drug-likeness (QED) is 0.587. The van der Waals surface area contributed by atoms with E-state index < -0.39 is 3.23 Å². The molecule has 0 atom stereocenters. The summed E-state index contributed by atoms with van der Waals surface area (Å²) in [5, 5.41) is 0. The number of carbonyl (C=O) groups excluding carboxylic acids is 2. The molecule has 2 nitrogen and oxygen atoms in total. The van der Waals surface area contributed by atoms with Gasteiger partial charge in [0, 0.05) is 12.8 Å². The van der Waals surface area contributed by atoms with Crippen LogP contribution >= 0.6 is 31.9 Å². The van der Waals surface area contributed by atoms with Crippen LogP contribution in [0.1, 0.15) is 26.7 Å². The van der Waals surface area contributed by atoms with Crippen molar-refractivity contribution in [2.75, 3.05) is 0 Å². The van der Waals surface area contributed by atoms with Crippen LogP contribution < -0.4 is 0 Å². The Morgan fingerprint density at radius 1 is 1.09 bits per heavy atom. The predicted molar refractivity (Wildman–Crippen MR) is 51.2 cm³/mol. The van der Waals surface area contributed by atoms with Crippen LogP contribution in [-0.2, 0) is 9.59 Å². The van der Waals surface area contributed by atoms with Gasteiger partial charge in [-0.05, 0) is 0 Å². The summed E-state index contributed by atoms with van der Waals surface area (Å²) in [6.07, 6.45) is 0.699. The van der Waals surface area contributed by atoms with Crippen molar-refractivity contribution in [3.8, 4) is 0 Å². The minimum atomic E-state index is -1.14. The summed E-state index contributed by atoms with van der Waals surface area (Å²) in [6, 6.07) is 0. The number of rotatable bonds is 4. The van der Waals surface area contributed by atoms with Crippen molar-refractivity contribution in [3.05, 3.63) is 0 Å². The zero-order valence-corrected chi connectivity index (χ0v) is 9.66. The molecule has 0 fully saturated rings. The Labute approximate surface area is 83.0 Å². The number of hydrogen-bond acceptors (Lipinski definition) is 2. The number of ketones is 2. The van der Waals surface area contributed by atoms with Crippen molar-refractivity contribution in [1.82, 2.24) is 0 Å². The molecule has 0 aliphatic rings. The van der Waals surface area contributed by atoms with E-state index in [1.165, 1.54) is 0 Å². The molecule has 0 aromatic rings. The molecule has 0 bridgehead atoms. The van der Waals surface area contributed by atoms with E-state index in [2.05, 4.69) is 31.9 Å². The van der Waals surface area contributed by atoms with E-state index in [0.717, 1.165) is 0 Å². The summed E-state index contributed by atoms with van der Waals surface area (Å²) in [5.41, 5.74) is 0. The van der Waals surface area contributed by atoms with Gasteiger partial charge >= 0.3 is 0 Å². The molecule has 0 heterocycles. The summed E-state index contributed by atoms with van der Waals surface area (Å²) in [4.78, 5) is 22.2. The number of alkyl halides is 2. The Balaban J connectivity index is 4.44. The molecule has 0 saturated heterocycles. The smallest absolute Gasteiger partial charge is 0.196 e. The molecule has 11 heavy (non-hydrogen) atoms. The monoisotopic (exact) mass is 284 g/mol. The largest absolute Gasteiger partial charge is 0.297 e. The third kappa shape index (κ3) is 2.67. The maximum atomic E-state index is 11.1. The molecule has 0 aliphatic carbocycles. The molecule has 0 unspecified atom stereocenters. The van der Waals surface area contributed by atoms with Gasteiger partial charge in [-0.1, -0.05) is 45.7 Å². The molecule has 0 amide bonds. The third-order valence-electron chi connectivity index (χ3n) is 1.34. The Bertz CT molecular complexity index is 157. The van der Waals surface area contributed by atoms with Crippen LogP contribution in [0, 0.1) is 0 Å². The maximum Gasteiger partial charge on any atom is 0.196 e. The second-order valence-corrected chi connectivity index (χ2v) is 5.57. The van der Waals surface area contributed by atoms with Crippen molar-refractivity contribution in [2.45, 2.75) is 29.9 Å². The first kappa shape index (κ1) is 11.3. The molecule has 0 N–H and O–H groups in total. The average molecular weight is 286 g/mol. The van der Waals surface area contributed by atoms with E-state index in [1.807, 2.05) is 0 Å². The van der Waals surface area contributed by atoms with Gasteiger partial charge in [0.2, 0.25) is 0 Å². The number of hydrogen-bond donors (Lipinski definition) is 0. The highest BCUT2D eigenvalue weighted by Crippen LogP contribution is 2.30. The van der Waals surface area contributed by atoms with E-state index in [9.17, 15) is 9.59 Å². The Morgan fingerprint density at radius 3 is 1.55 bits per heavy atom. The fourth-order valence-electron chi connectivity index (χ4n) is 0.600. The van der Waals surface area contributed by atoms with Gasteiger partial charge in [-0.25, -0.2) is 0 Å². The maximum absolute atomic E-state index is 11.1. The SMILES string of the molecule is CCC(=O)C(Br)(Br)C(=O)CC. The summed E-state index contributed by atoms with van der Waals surface area (Å²) in [5.74, 6) is -0.270. The van der Waals surface area contributed by atoms with Gasteiger partial charge in [0.15, 0.2) is 14.8 Å². The minimum Gasteiger partial charge on any atom is -0.297 e. The van der Waals surface area contributed by atoms with Crippen LogP contribution in [0.2, 0.25) is 0 Å². The predicted octanol–water partition coefficient (Wildman–Crippen LogP) is 2.43. The van der Waals surface area contributed by atoms with E-state index in [-0.39, 0.29) is 11.6 Å². The van der Waals surface area contributed by atoms with E-state index in [1.54, 1.807) is 13.8 Å². The van der Waals surface area contributed by atoms with Crippen molar-refractivity contribution in [2.24, 2.45) is 0 Å². The topological polar surface area (TPSA) is 34.1 Å². The summed E-state index contributed by atoms with van der Waals surface area (Å²) in [6.45, 7) is 3.45. The van der Waals surface area contributed by atoms with Crippen molar-refractivity contribution < 1.29 is 9.59 Å². The fraction of sp³-hybridized carbons (Fsp3) is 0.714. The molecule has 0 saturated carbocycles. The van der Waals surface area contributed by atoms with E-state index in [0.29, 0.717) is 12.8 Å². The molecule has 64 valence electrons. The minimum absolute atomic E-state index is 0.135. The first-order valence-electron chi connectivity index (χ1n) is 3.41. The Morgan fingerprint density at radius 2 is 1.36 bits per heavy atom. The van der Waals surface area contributed by atoms with Crippen molar-refractivity contribution in [1.29, 1.82) is 0 Å². The molecule has 0 spiro atoms. The highest BCUT2D eigenvalue weighted by Gasteiger charge is 2.37. The summed E-state index contributed by atoms with van der Waals surface area (Å²) in [7, 11) is 0. The Kier molecular flexibility index (Phi) is 4.48. The first-order chi connectivity index (χ1) is 4.96. The normalized spacial score (nSPS) is 11.3. The molecule has 0 aromatic heterocycles. The first-order valence-corrected chi connectivity index (χ1v) is 4.99. The van der Waals surface area contributed by atoms with Crippen LogP contribution in [0.5, 0.6) is 0 Å². The van der Waals surface area contributed by atoms with Crippen LogP contribution in [-0.4, -0.2) is 14.8 Å². The lowest BCUT2D eigenvalue weighted by Gasteiger charge is -2.14. The lowest BCUT2D eigenvalue weighted by molar-refractivity contribution is -0.126. The Hall–Kier alpha value is 0.300. The van der Waals surface area contributed by atoms with Gasteiger partial charge in [0.1, 0.15) is 0 Å².